The zero-order valence-corrected chi connectivity index (χ0v) is 14.1. The molecule has 0 saturated heterocycles. The normalized spacial score (nSPS) is 13.1. The highest BCUT2D eigenvalue weighted by Crippen LogP contribution is 2.17. The first-order valence-corrected chi connectivity index (χ1v) is 8.12. The summed E-state index contributed by atoms with van der Waals surface area (Å²) in [5.74, 6) is -0.320. The van der Waals surface area contributed by atoms with Crippen LogP contribution in [0.3, 0.4) is 0 Å². The van der Waals surface area contributed by atoms with Crippen molar-refractivity contribution in [3.05, 3.63) is 71.5 Å². The number of benzene rings is 2. The molecule has 0 spiro atoms. The molecule has 2 amide bonds. The van der Waals surface area contributed by atoms with E-state index in [4.69, 9.17) is 4.74 Å². The van der Waals surface area contributed by atoms with Crippen LogP contribution in [0, 0.1) is 5.82 Å². The second kappa shape index (κ2) is 9.76. The maximum atomic E-state index is 13.0. The van der Waals surface area contributed by atoms with Gasteiger partial charge in [-0.2, -0.15) is 0 Å². The van der Waals surface area contributed by atoms with Crippen LogP contribution in [-0.4, -0.2) is 31.4 Å². The summed E-state index contributed by atoms with van der Waals surface area (Å²) in [4.78, 5) is 12.2. The first-order chi connectivity index (χ1) is 12.1. The number of nitrogens with one attached hydrogen (secondary N) is 2. The van der Waals surface area contributed by atoms with E-state index < -0.39 is 0 Å². The van der Waals surface area contributed by atoms with Crippen LogP contribution in [0.1, 0.15) is 29.7 Å². The number of hydrogen-bond acceptors (Lipinski definition) is 3. The SMILES string of the molecule is COC(CNC(=O)N[C@H](CCO)c1ccccc1)c1ccc(F)cc1. The minimum atomic E-state index is -0.376. The lowest BCUT2D eigenvalue weighted by molar-refractivity contribution is 0.103. The summed E-state index contributed by atoms with van der Waals surface area (Å²) in [5, 5.41) is 14.8. The molecule has 0 heterocycles. The van der Waals surface area contributed by atoms with Crippen molar-refractivity contribution in [2.45, 2.75) is 18.6 Å². The smallest absolute Gasteiger partial charge is 0.315 e. The lowest BCUT2D eigenvalue weighted by Crippen LogP contribution is -2.40. The number of urea groups is 1. The maximum Gasteiger partial charge on any atom is 0.315 e. The molecule has 0 bridgehead atoms. The van der Waals surface area contributed by atoms with Crippen molar-refractivity contribution in [1.29, 1.82) is 0 Å². The fourth-order valence-electron chi connectivity index (χ4n) is 2.55. The minimum Gasteiger partial charge on any atom is -0.396 e. The Morgan fingerprint density at radius 1 is 1.12 bits per heavy atom. The number of methoxy groups -OCH3 is 1. The van der Waals surface area contributed by atoms with Gasteiger partial charge in [-0.15, -0.1) is 0 Å². The molecule has 2 atom stereocenters. The van der Waals surface area contributed by atoms with E-state index in [1.807, 2.05) is 30.3 Å². The van der Waals surface area contributed by atoms with Gasteiger partial charge in [0, 0.05) is 20.3 Å². The molecule has 6 heteroatoms. The van der Waals surface area contributed by atoms with E-state index in [9.17, 15) is 14.3 Å². The Hall–Kier alpha value is -2.44. The zero-order chi connectivity index (χ0) is 18.1. The third-order valence-electron chi connectivity index (χ3n) is 3.90. The van der Waals surface area contributed by atoms with Gasteiger partial charge in [-0.05, 0) is 29.7 Å². The first kappa shape index (κ1) is 18.9. The summed E-state index contributed by atoms with van der Waals surface area (Å²) in [5.41, 5.74) is 1.70. The van der Waals surface area contributed by atoms with Crippen LogP contribution in [0.25, 0.3) is 0 Å². The first-order valence-electron chi connectivity index (χ1n) is 8.12. The third kappa shape index (κ3) is 5.85. The summed E-state index contributed by atoms with van der Waals surface area (Å²) in [6.45, 7) is 0.213. The highest BCUT2D eigenvalue weighted by molar-refractivity contribution is 5.74. The van der Waals surface area contributed by atoms with Gasteiger partial charge in [-0.1, -0.05) is 42.5 Å². The molecular formula is C19H23FN2O3. The second-order valence-electron chi connectivity index (χ2n) is 5.61. The Morgan fingerprint density at radius 2 is 1.80 bits per heavy atom. The molecule has 0 aliphatic carbocycles. The van der Waals surface area contributed by atoms with Gasteiger partial charge in [0.1, 0.15) is 5.82 Å². The molecule has 0 saturated carbocycles. The van der Waals surface area contributed by atoms with Gasteiger partial charge >= 0.3 is 6.03 Å². The van der Waals surface area contributed by atoms with E-state index in [-0.39, 0.29) is 37.1 Å². The van der Waals surface area contributed by atoms with Gasteiger partial charge in [-0.3, -0.25) is 0 Å². The van der Waals surface area contributed by atoms with E-state index in [1.165, 1.54) is 19.2 Å². The van der Waals surface area contributed by atoms with Gasteiger partial charge in [0.05, 0.1) is 12.1 Å². The van der Waals surface area contributed by atoms with Gasteiger partial charge in [0.2, 0.25) is 0 Å². The van der Waals surface area contributed by atoms with Gasteiger partial charge < -0.3 is 20.5 Å². The summed E-state index contributed by atoms with van der Waals surface area (Å²) in [6.07, 6.45) is 0.0442. The molecule has 3 N–H and O–H groups in total. The Labute approximate surface area is 146 Å². The molecule has 2 aromatic rings. The van der Waals surface area contributed by atoms with Crippen molar-refractivity contribution < 1.29 is 19.0 Å². The van der Waals surface area contributed by atoms with E-state index in [1.54, 1.807) is 12.1 Å². The molecule has 0 radical (unpaired) electrons. The van der Waals surface area contributed by atoms with Crippen LogP contribution in [0.2, 0.25) is 0 Å². The Balaban J connectivity index is 1.92. The maximum absolute atomic E-state index is 13.0. The standard InChI is InChI=1S/C19H23FN2O3/c1-25-18(15-7-9-16(20)10-8-15)13-21-19(24)22-17(11-12-23)14-5-3-2-4-6-14/h2-10,17-18,23H,11-13H2,1H3,(H2,21,22,24)/t17-,18?/m1/s1. The quantitative estimate of drug-likeness (QED) is 0.688. The number of rotatable bonds is 8. The average molecular weight is 346 g/mol. The van der Waals surface area contributed by atoms with E-state index in [0.717, 1.165) is 11.1 Å². The topological polar surface area (TPSA) is 70.6 Å². The lowest BCUT2D eigenvalue weighted by atomic mass is 10.0. The van der Waals surface area contributed by atoms with E-state index in [2.05, 4.69) is 10.6 Å². The number of aliphatic hydroxyl groups is 1. The zero-order valence-electron chi connectivity index (χ0n) is 14.1. The summed E-state index contributed by atoms with van der Waals surface area (Å²) < 4.78 is 18.4. The molecule has 25 heavy (non-hydrogen) atoms. The van der Waals surface area contributed by atoms with E-state index in [0.29, 0.717) is 6.42 Å². The summed E-state index contributed by atoms with van der Waals surface area (Å²) in [7, 11) is 1.53. The van der Waals surface area contributed by atoms with Crippen molar-refractivity contribution in [3.63, 3.8) is 0 Å². The van der Waals surface area contributed by atoms with Crippen molar-refractivity contribution in [3.8, 4) is 0 Å². The van der Waals surface area contributed by atoms with Crippen molar-refractivity contribution in [1.82, 2.24) is 10.6 Å². The number of halogens is 1. The second-order valence-corrected chi connectivity index (χ2v) is 5.61. The highest BCUT2D eigenvalue weighted by atomic mass is 19.1. The fraction of sp³-hybridized carbons (Fsp3) is 0.316. The molecule has 134 valence electrons. The number of carbonyl (C=O) groups is 1. The van der Waals surface area contributed by atoms with Gasteiger partial charge in [0.25, 0.3) is 0 Å². The average Bonchev–Trinajstić information content (AvgIpc) is 2.64. The Morgan fingerprint density at radius 3 is 2.40 bits per heavy atom. The lowest BCUT2D eigenvalue weighted by Gasteiger charge is -2.21. The monoisotopic (exact) mass is 346 g/mol. The van der Waals surface area contributed by atoms with Crippen LogP contribution in [0.5, 0.6) is 0 Å². The highest BCUT2D eigenvalue weighted by Gasteiger charge is 2.16. The van der Waals surface area contributed by atoms with E-state index >= 15 is 0 Å². The number of aliphatic hydroxyl groups excluding tert-OH is 1. The molecule has 5 nitrogen and oxygen atoms in total. The van der Waals surface area contributed by atoms with Gasteiger partial charge in [-0.25, -0.2) is 9.18 Å². The minimum absolute atomic E-state index is 0.0316. The van der Waals surface area contributed by atoms with Crippen LogP contribution >= 0.6 is 0 Å². The number of ether oxygens (including phenoxy) is 1. The molecule has 2 aromatic carbocycles. The largest absolute Gasteiger partial charge is 0.396 e. The van der Waals surface area contributed by atoms with Crippen LogP contribution in [-0.2, 0) is 4.74 Å². The van der Waals surface area contributed by atoms with Crippen molar-refractivity contribution in [2.24, 2.45) is 0 Å². The number of hydrogen-bond donors (Lipinski definition) is 3. The van der Waals surface area contributed by atoms with Crippen molar-refractivity contribution >= 4 is 6.03 Å². The molecule has 0 fully saturated rings. The Kier molecular flexibility index (Phi) is 7.37. The molecule has 0 aliphatic rings. The predicted molar refractivity (Wildman–Crippen MR) is 93.6 cm³/mol. The number of carbonyl (C=O) groups excluding carboxylic acids is 1. The summed E-state index contributed by atoms with van der Waals surface area (Å²) in [6, 6.07) is 14.8. The van der Waals surface area contributed by atoms with Crippen LogP contribution < -0.4 is 10.6 Å². The fourth-order valence-corrected chi connectivity index (χ4v) is 2.55. The Bertz CT molecular complexity index is 649. The predicted octanol–water partition coefficient (Wildman–Crippen LogP) is 2.94. The summed E-state index contributed by atoms with van der Waals surface area (Å²) >= 11 is 0. The number of amides is 2. The molecular weight excluding hydrogens is 323 g/mol. The molecule has 1 unspecified atom stereocenters. The third-order valence-corrected chi connectivity index (χ3v) is 3.90. The molecule has 0 aromatic heterocycles. The van der Waals surface area contributed by atoms with Gasteiger partial charge in [0.15, 0.2) is 0 Å². The van der Waals surface area contributed by atoms with Crippen LogP contribution in [0.4, 0.5) is 9.18 Å². The molecule has 2 rings (SSSR count). The molecule has 0 aliphatic heterocycles. The van der Waals surface area contributed by atoms with Crippen molar-refractivity contribution in [2.75, 3.05) is 20.3 Å². The van der Waals surface area contributed by atoms with Crippen LogP contribution in [0.15, 0.2) is 54.6 Å².